The molecule has 1 unspecified atom stereocenters. The van der Waals surface area contributed by atoms with Gasteiger partial charge in [0.1, 0.15) is 10.6 Å². The number of para-hydroxylation sites is 1. The number of ether oxygens (including phenoxy) is 1. The summed E-state index contributed by atoms with van der Waals surface area (Å²) in [6.07, 6.45) is 2.81. The van der Waals surface area contributed by atoms with E-state index in [1.807, 2.05) is 0 Å². The van der Waals surface area contributed by atoms with Crippen molar-refractivity contribution < 1.29 is 21.9 Å². The third-order valence-electron chi connectivity index (χ3n) is 3.16. The van der Waals surface area contributed by atoms with Crippen LogP contribution in [-0.4, -0.2) is 24.3 Å². The molecule has 3 N–H and O–H groups in total. The molecule has 0 bridgehead atoms. The molecule has 0 spiro atoms. The highest BCUT2D eigenvalue weighted by atomic mass is 79.9. The van der Waals surface area contributed by atoms with Gasteiger partial charge in [-0.2, -0.15) is 0 Å². The first-order valence-corrected chi connectivity index (χ1v) is 10.2. The fraction of sp³-hybridized carbons (Fsp3) is 0.0667. The SMILES string of the molecule is COc1ccc(Br)cc1C=CN(c1ccccc1S(N)(=O)=O)S(=O)O. The monoisotopic (exact) mass is 446 g/mol. The lowest BCUT2D eigenvalue weighted by atomic mass is 10.2. The normalized spacial score (nSPS) is 13.0. The summed E-state index contributed by atoms with van der Waals surface area (Å²) in [5.74, 6) is 0.544. The standard InChI is InChI=1S/C15H15BrN2O5S2/c1-23-14-7-6-12(16)10-11(14)8-9-18(24(19)20)13-4-2-3-5-15(13)25(17,21)22/h2-10H,1H3,(H,19,20)(H2,17,21,22). The van der Waals surface area contributed by atoms with Gasteiger partial charge in [-0.15, -0.1) is 0 Å². The Morgan fingerprint density at radius 2 is 1.96 bits per heavy atom. The van der Waals surface area contributed by atoms with E-state index in [9.17, 15) is 17.2 Å². The maximum absolute atomic E-state index is 11.7. The number of nitrogens with zero attached hydrogens (tertiary/aromatic N) is 1. The zero-order chi connectivity index (χ0) is 18.6. The van der Waals surface area contributed by atoms with Crippen molar-refractivity contribution in [1.82, 2.24) is 0 Å². The molecule has 0 aromatic heterocycles. The Hall–Kier alpha value is -1.72. The summed E-state index contributed by atoms with van der Waals surface area (Å²) in [5.41, 5.74) is 0.608. The van der Waals surface area contributed by atoms with Gasteiger partial charge in [-0.05, 0) is 36.4 Å². The first-order valence-electron chi connectivity index (χ1n) is 6.78. The van der Waals surface area contributed by atoms with Crippen molar-refractivity contribution in [1.29, 1.82) is 0 Å². The van der Waals surface area contributed by atoms with Crippen molar-refractivity contribution in [2.45, 2.75) is 4.90 Å². The number of hydrogen-bond acceptors (Lipinski definition) is 4. The number of methoxy groups -OCH3 is 1. The molecule has 0 aliphatic heterocycles. The smallest absolute Gasteiger partial charge is 0.266 e. The van der Waals surface area contributed by atoms with E-state index in [1.165, 1.54) is 43.7 Å². The van der Waals surface area contributed by atoms with Gasteiger partial charge in [0.2, 0.25) is 10.0 Å². The van der Waals surface area contributed by atoms with Crippen molar-refractivity contribution in [2.75, 3.05) is 11.4 Å². The van der Waals surface area contributed by atoms with Crippen LogP contribution in [0.4, 0.5) is 5.69 Å². The molecule has 0 amide bonds. The molecule has 134 valence electrons. The predicted octanol–water partition coefficient (Wildman–Crippen LogP) is 2.72. The van der Waals surface area contributed by atoms with E-state index in [0.717, 1.165) is 8.78 Å². The van der Waals surface area contributed by atoms with Gasteiger partial charge in [-0.1, -0.05) is 28.1 Å². The van der Waals surface area contributed by atoms with Crippen molar-refractivity contribution in [3.63, 3.8) is 0 Å². The van der Waals surface area contributed by atoms with E-state index < -0.39 is 21.3 Å². The molecule has 0 radical (unpaired) electrons. The number of anilines is 1. The lowest BCUT2D eigenvalue weighted by molar-refractivity contribution is 0.414. The zero-order valence-electron chi connectivity index (χ0n) is 13.0. The van der Waals surface area contributed by atoms with Gasteiger partial charge in [0.25, 0.3) is 11.3 Å². The van der Waals surface area contributed by atoms with Crippen molar-refractivity contribution >= 4 is 49.0 Å². The third-order valence-corrected chi connectivity index (χ3v) is 5.27. The van der Waals surface area contributed by atoms with E-state index in [-0.39, 0.29) is 10.6 Å². The van der Waals surface area contributed by atoms with Gasteiger partial charge in [0, 0.05) is 16.2 Å². The van der Waals surface area contributed by atoms with Crippen LogP contribution in [0.3, 0.4) is 0 Å². The topological polar surface area (TPSA) is 110 Å². The number of primary sulfonamides is 1. The second kappa shape index (κ2) is 8.11. The zero-order valence-corrected chi connectivity index (χ0v) is 16.2. The summed E-state index contributed by atoms with van der Waals surface area (Å²) in [4.78, 5) is -0.261. The number of nitrogens with two attached hydrogens (primary N) is 1. The summed E-state index contributed by atoms with van der Waals surface area (Å²) >= 11 is 0.823. The maximum Gasteiger partial charge on any atom is 0.266 e. The van der Waals surface area contributed by atoms with Crippen LogP contribution in [-0.2, 0) is 21.3 Å². The third kappa shape index (κ3) is 4.89. The van der Waals surface area contributed by atoms with E-state index in [1.54, 1.807) is 18.2 Å². The van der Waals surface area contributed by atoms with Crippen LogP contribution in [0.5, 0.6) is 5.75 Å². The lowest BCUT2D eigenvalue weighted by Crippen LogP contribution is -2.23. The Morgan fingerprint density at radius 3 is 2.56 bits per heavy atom. The molecule has 2 aromatic carbocycles. The van der Waals surface area contributed by atoms with E-state index in [2.05, 4.69) is 15.9 Å². The average molecular weight is 447 g/mol. The summed E-state index contributed by atoms with van der Waals surface area (Å²) in [6.45, 7) is 0. The molecule has 7 nitrogen and oxygen atoms in total. The van der Waals surface area contributed by atoms with Gasteiger partial charge >= 0.3 is 0 Å². The number of benzene rings is 2. The molecule has 10 heteroatoms. The molecule has 0 saturated carbocycles. The number of rotatable bonds is 6. The predicted molar refractivity (Wildman–Crippen MR) is 101 cm³/mol. The fourth-order valence-electron chi connectivity index (χ4n) is 2.08. The minimum Gasteiger partial charge on any atom is -0.496 e. The van der Waals surface area contributed by atoms with Gasteiger partial charge in [-0.25, -0.2) is 22.1 Å². The van der Waals surface area contributed by atoms with Crippen molar-refractivity contribution in [3.8, 4) is 5.75 Å². The summed E-state index contributed by atoms with van der Waals surface area (Å²) in [7, 11) is -2.57. The minimum atomic E-state index is -4.07. The Balaban J connectivity index is 2.52. The summed E-state index contributed by atoms with van der Waals surface area (Å²) in [5, 5.41) is 5.18. The van der Waals surface area contributed by atoms with E-state index in [4.69, 9.17) is 9.88 Å². The second-order valence-electron chi connectivity index (χ2n) is 4.77. The highest BCUT2D eigenvalue weighted by Gasteiger charge is 2.20. The molecular formula is C15H15BrN2O5S2. The highest BCUT2D eigenvalue weighted by molar-refractivity contribution is 9.10. The molecule has 0 heterocycles. The maximum atomic E-state index is 11.7. The minimum absolute atomic E-state index is 0.0175. The van der Waals surface area contributed by atoms with Crippen LogP contribution in [0, 0.1) is 0 Å². The van der Waals surface area contributed by atoms with Crippen LogP contribution >= 0.6 is 15.9 Å². The van der Waals surface area contributed by atoms with Crippen molar-refractivity contribution in [2.24, 2.45) is 5.14 Å². The Bertz CT molecular complexity index is 931. The quantitative estimate of drug-likeness (QED) is 0.662. The largest absolute Gasteiger partial charge is 0.496 e. The molecule has 0 aliphatic rings. The van der Waals surface area contributed by atoms with Crippen molar-refractivity contribution in [3.05, 3.63) is 58.7 Å². The summed E-state index contributed by atoms with van der Waals surface area (Å²) in [6, 6.07) is 10.9. The fourth-order valence-corrected chi connectivity index (χ4v) is 3.73. The number of hydrogen-bond donors (Lipinski definition) is 2. The number of sulfonamides is 1. The molecule has 0 aliphatic carbocycles. The Morgan fingerprint density at radius 1 is 1.28 bits per heavy atom. The van der Waals surface area contributed by atoms with Crippen LogP contribution < -0.4 is 14.2 Å². The molecule has 2 rings (SSSR count). The van der Waals surface area contributed by atoms with E-state index >= 15 is 0 Å². The van der Waals surface area contributed by atoms with Crippen LogP contribution in [0.25, 0.3) is 6.08 Å². The molecule has 0 fully saturated rings. The van der Waals surface area contributed by atoms with Crippen LogP contribution in [0.1, 0.15) is 5.56 Å². The van der Waals surface area contributed by atoms with Gasteiger partial charge < -0.3 is 4.74 Å². The second-order valence-corrected chi connectivity index (χ2v) is 8.07. The van der Waals surface area contributed by atoms with Gasteiger partial charge in [0.15, 0.2) is 0 Å². The average Bonchev–Trinajstić information content (AvgIpc) is 2.54. The van der Waals surface area contributed by atoms with Gasteiger partial charge in [-0.3, -0.25) is 4.55 Å². The molecule has 1 atom stereocenters. The van der Waals surface area contributed by atoms with Gasteiger partial charge in [0.05, 0.1) is 12.8 Å². The number of halogens is 1. The first-order chi connectivity index (χ1) is 11.7. The Kier molecular flexibility index (Phi) is 6.36. The Labute approximate surface area is 156 Å². The molecule has 2 aromatic rings. The molecular weight excluding hydrogens is 432 g/mol. The molecule has 25 heavy (non-hydrogen) atoms. The van der Waals surface area contributed by atoms with E-state index in [0.29, 0.717) is 11.3 Å². The molecule has 0 saturated heterocycles. The lowest BCUT2D eigenvalue weighted by Gasteiger charge is -2.18. The van der Waals surface area contributed by atoms with Crippen LogP contribution in [0.2, 0.25) is 0 Å². The summed E-state index contributed by atoms with van der Waals surface area (Å²) < 4.78 is 51.7. The highest BCUT2D eigenvalue weighted by Crippen LogP contribution is 2.28. The van der Waals surface area contributed by atoms with Crippen LogP contribution in [0.15, 0.2) is 58.0 Å². The first kappa shape index (κ1) is 19.6.